The van der Waals surface area contributed by atoms with E-state index in [0.717, 1.165) is 12.8 Å². The van der Waals surface area contributed by atoms with Crippen LogP contribution in [0.15, 0.2) is 53.4 Å². The number of primary sulfonamides is 1. The minimum Gasteiger partial charge on any atom is -0.496 e. The molecule has 1 unspecified atom stereocenters. The molecule has 0 saturated carbocycles. The fraction of sp³-hybridized carbons (Fsp3) is 0.278. The number of benzene rings is 2. The monoisotopic (exact) mass is 362 g/mol. The van der Waals surface area contributed by atoms with Gasteiger partial charge in [-0.05, 0) is 43.5 Å². The molecule has 0 aromatic heterocycles. The minimum absolute atomic E-state index is 0.0875. The van der Waals surface area contributed by atoms with Crippen molar-refractivity contribution in [3.05, 3.63) is 59.7 Å². The Balaban J connectivity index is 2.08. The van der Waals surface area contributed by atoms with Crippen molar-refractivity contribution in [2.24, 2.45) is 5.14 Å². The maximum absolute atomic E-state index is 12.5. The van der Waals surface area contributed by atoms with E-state index in [0.29, 0.717) is 5.75 Å². The summed E-state index contributed by atoms with van der Waals surface area (Å²) in [7, 11) is -2.48. The summed E-state index contributed by atoms with van der Waals surface area (Å²) in [5.74, 6) is -0.108. The second-order valence-corrected chi connectivity index (χ2v) is 7.37. The number of ether oxygens (including phenoxy) is 1. The lowest BCUT2D eigenvalue weighted by Gasteiger charge is -2.16. The van der Waals surface area contributed by atoms with Gasteiger partial charge < -0.3 is 10.1 Å². The topological polar surface area (TPSA) is 98.5 Å². The Morgan fingerprint density at radius 3 is 2.48 bits per heavy atom. The number of carbonyl (C=O) groups excluding carboxylic acids is 1. The van der Waals surface area contributed by atoms with Crippen LogP contribution >= 0.6 is 0 Å². The number of amides is 1. The summed E-state index contributed by atoms with van der Waals surface area (Å²) in [6, 6.07) is 13.8. The molecule has 1 amide bonds. The summed E-state index contributed by atoms with van der Waals surface area (Å²) >= 11 is 0. The van der Waals surface area contributed by atoms with Crippen LogP contribution in [0.1, 0.15) is 29.3 Å². The number of nitrogens with one attached hydrogen (secondary N) is 1. The number of aryl methyl sites for hydroxylation is 1. The van der Waals surface area contributed by atoms with Crippen LogP contribution in [0.3, 0.4) is 0 Å². The van der Waals surface area contributed by atoms with Gasteiger partial charge in [0.05, 0.1) is 17.6 Å². The van der Waals surface area contributed by atoms with Gasteiger partial charge in [-0.15, -0.1) is 0 Å². The molecule has 134 valence electrons. The molecule has 7 heteroatoms. The van der Waals surface area contributed by atoms with Crippen LogP contribution in [0, 0.1) is 0 Å². The number of sulfonamides is 1. The number of methoxy groups -OCH3 is 1. The smallest absolute Gasteiger partial charge is 0.255 e. The highest BCUT2D eigenvalue weighted by Gasteiger charge is 2.18. The highest BCUT2D eigenvalue weighted by Crippen LogP contribution is 2.22. The SMILES string of the molecule is COc1ccc(S(N)(=O)=O)cc1C(=O)NC(C)CCc1ccccc1. The van der Waals surface area contributed by atoms with Crippen molar-refractivity contribution in [1.29, 1.82) is 0 Å². The summed E-state index contributed by atoms with van der Waals surface area (Å²) in [6.07, 6.45) is 1.59. The second kappa shape index (κ2) is 8.13. The number of carbonyl (C=O) groups is 1. The fourth-order valence-electron chi connectivity index (χ4n) is 2.44. The normalized spacial score (nSPS) is 12.4. The molecule has 25 heavy (non-hydrogen) atoms. The van der Waals surface area contributed by atoms with E-state index in [4.69, 9.17) is 9.88 Å². The molecule has 0 aliphatic carbocycles. The first kappa shape index (κ1) is 19.0. The summed E-state index contributed by atoms with van der Waals surface area (Å²) in [5.41, 5.74) is 1.33. The third-order valence-corrected chi connectivity index (χ3v) is 4.74. The molecule has 0 spiro atoms. The Hall–Kier alpha value is -2.38. The van der Waals surface area contributed by atoms with E-state index in [1.54, 1.807) is 0 Å². The molecule has 0 aliphatic heterocycles. The summed E-state index contributed by atoms with van der Waals surface area (Å²) in [5, 5.41) is 8.00. The molecule has 2 aromatic rings. The maximum Gasteiger partial charge on any atom is 0.255 e. The average Bonchev–Trinajstić information content (AvgIpc) is 2.59. The minimum atomic E-state index is -3.89. The summed E-state index contributed by atoms with van der Waals surface area (Å²) < 4.78 is 28.1. The molecule has 0 radical (unpaired) electrons. The van der Waals surface area contributed by atoms with E-state index in [9.17, 15) is 13.2 Å². The fourth-order valence-corrected chi connectivity index (χ4v) is 2.98. The van der Waals surface area contributed by atoms with E-state index < -0.39 is 15.9 Å². The molecule has 0 heterocycles. The first-order chi connectivity index (χ1) is 11.8. The van der Waals surface area contributed by atoms with Crippen molar-refractivity contribution in [2.75, 3.05) is 7.11 Å². The number of hydrogen-bond acceptors (Lipinski definition) is 4. The van der Waals surface area contributed by atoms with Gasteiger partial charge in [-0.2, -0.15) is 0 Å². The summed E-state index contributed by atoms with van der Waals surface area (Å²) in [4.78, 5) is 12.4. The predicted molar refractivity (Wildman–Crippen MR) is 96.1 cm³/mol. The largest absolute Gasteiger partial charge is 0.496 e. The quantitative estimate of drug-likeness (QED) is 0.788. The van der Waals surface area contributed by atoms with Gasteiger partial charge in [0.25, 0.3) is 5.91 Å². The van der Waals surface area contributed by atoms with Gasteiger partial charge in [0.1, 0.15) is 5.75 Å². The van der Waals surface area contributed by atoms with E-state index in [-0.39, 0.29) is 16.5 Å². The van der Waals surface area contributed by atoms with Crippen molar-refractivity contribution in [2.45, 2.75) is 30.7 Å². The molecular formula is C18H22N2O4S. The lowest BCUT2D eigenvalue weighted by molar-refractivity contribution is 0.0935. The maximum atomic E-state index is 12.5. The summed E-state index contributed by atoms with van der Waals surface area (Å²) in [6.45, 7) is 1.90. The van der Waals surface area contributed by atoms with Crippen molar-refractivity contribution >= 4 is 15.9 Å². The third-order valence-electron chi connectivity index (χ3n) is 3.83. The van der Waals surface area contributed by atoms with E-state index in [1.165, 1.54) is 30.9 Å². The molecule has 3 N–H and O–H groups in total. The molecule has 1 atom stereocenters. The Bertz CT molecular complexity index is 835. The van der Waals surface area contributed by atoms with E-state index in [1.807, 2.05) is 37.3 Å². The van der Waals surface area contributed by atoms with Crippen LogP contribution in [0.4, 0.5) is 0 Å². The molecule has 0 fully saturated rings. The Labute approximate surface area is 148 Å². The van der Waals surface area contributed by atoms with Crippen LogP contribution in [-0.2, 0) is 16.4 Å². The van der Waals surface area contributed by atoms with Gasteiger partial charge in [-0.1, -0.05) is 30.3 Å². The molecule has 2 aromatic carbocycles. The lowest BCUT2D eigenvalue weighted by atomic mass is 10.1. The lowest BCUT2D eigenvalue weighted by Crippen LogP contribution is -2.33. The van der Waals surface area contributed by atoms with E-state index >= 15 is 0 Å². The van der Waals surface area contributed by atoms with Crippen LogP contribution in [0.25, 0.3) is 0 Å². The molecule has 0 aliphatic rings. The number of nitrogens with two attached hydrogens (primary N) is 1. The molecule has 0 saturated heterocycles. The van der Waals surface area contributed by atoms with Gasteiger partial charge >= 0.3 is 0 Å². The standard InChI is InChI=1S/C18H22N2O4S/c1-13(8-9-14-6-4-3-5-7-14)20-18(21)16-12-15(25(19,22)23)10-11-17(16)24-2/h3-7,10-13H,8-9H2,1-2H3,(H,20,21)(H2,19,22,23). The zero-order valence-corrected chi connectivity index (χ0v) is 15.0. The first-order valence-electron chi connectivity index (χ1n) is 7.87. The van der Waals surface area contributed by atoms with Gasteiger partial charge in [-0.25, -0.2) is 13.6 Å². The van der Waals surface area contributed by atoms with Crippen molar-refractivity contribution in [1.82, 2.24) is 5.32 Å². The van der Waals surface area contributed by atoms with Crippen LogP contribution in [0.2, 0.25) is 0 Å². The third kappa shape index (κ3) is 5.30. The van der Waals surface area contributed by atoms with Crippen LogP contribution < -0.4 is 15.2 Å². The highest BCUT2D eigenvalue weighted by atomic mass is 32.2. The van der Waals surface area contributed by atoms with E-state index in [2.05, 4.69) is 5.32 Å². The zero-order valence-electron chi connectivity index (χ0n) is 14.2. The van der Waals surface area contributed by atoms with Gasteiger partial charge in [0.2, 0.25) is 10.0 Å². The van der Waals surface area contributed by atoms with Crippen LogP contribution in [0.5, 0.6) is 5.75 Å². The molecule has 6 nitrogen and oxygen atoms in total. The second-order valence-electron chi connectivity index (χ2n) is 5.81. The van der Waals surface area contributed by atoms with Crippen molar-refractivity contribution in [3.8, 4) is 5.75 Å². The Kier molecular flexibility index (Phi) is 6.17. The number of hydrogen-bond donors (Lipinski definition) is 2. The molecular weight excluding hydrogens is 340 g/mol. The Morgan fingerprint density at radius 2 is 1.88 bits per heavy atom. The van der Waals surface area contributed by atoms with Crippen LogP contribution in [-0.4, -0.2) is 27.5 Å². The van der Waals surface area contributed by atoms with Crippen molar-refractivity contribution in [3.63, 3.8) is 0 Å². The molecule has 2 rings (SSSR count). The van der Waals surface area contributed by atoms with Crippen molar-refractivity contribution < 1.29 is 17.9 Å². The first-order valence-corrected chi connectivity index (χ1v) is 9.41. The highest BCUT2D eigenvalue weighted by molar-refractivity contribution is 7.89. The van der Waals surface area contributed by atoms with Gasteiger partial charge in [0, 0.05) is 6.04 Å². The Morgan fingerprint density at radius 1 is 1.20 bits per heavy atom. The zero-order chi connectivity index (χ0) is 18.4. The van der Waals surface area contributed by atoms with Gasteiger partial charge in [0.15, 0.2) is 0 Å². The number of rotatable bonds is 7. The molecule has 0 bridgehead atoms. The average molecular weight is 362 g/mol. The predicted octanol–water partition coefficient (Wildman–Crippen LogP) is 2.09. The van der Waals surface area contributed by atoms with Gasteiger partial charge in [-0.3, -0.25) is 4.79 Å².